The topological polar surface area (TPSA) is 3.24 Å². The molecule has 0 aliphatic rings. The summed E-state index contributed by atoms with van der Waals surface area (Å²) in [5.41, 5.74) is 17.7. The molecule has 5 aromatic carbocycles. The summed E-state index contributed by atoms with van der Waals surface area (Å²) in [6, 6.07) is 36.0. The minimum absolute atomic E-state index is 1.15. The van der Waals surface area contributed by atoms with Gasteiger partial charge in [0.2, 0.25) is 0 Å². The van der Waals surface area contributed by atoms with E-state index >= 15 is 0 Å². The van der Waals surface area contributed by atoms with Gasteiger partial charge in [0.1, 0.15) is 0 Å². The Kier molecular flexibility index (Phi) is 6.95. The van der Waals surface area contributed by atoms with E-state index in [9.17, 15) is 0 Å². The molecule has 190 valence electrons. The van der Waals surface area contributed by atoms with Gasteiger partial charge in [0.25, 0.3) is 0 Å². The van der Waals surface area contributed by atoms with Crippen LogP contribution < -0.4 is 4.90 Å². The Bertz CT molecular complexity index is 1580. The van der Waals surface area contributed by atoms with E-state index < -0.39 is 0 Å². The summed E-state index contributed by atoms with van der Waals surface area (Å²) >= 11 is 0. The predicted octanol–water partition coefficient (Wildman–Crippen LogP) is 10.6. The first kappa shape index (κ1) is 25.5. The maximum atomic E-state index is 2.37. The normalized spacial score (nSPS) is 11.0. The van der Waals surface area contributed by atoms with Gasteiger partial charge in [-0.05, 0) is 135 Å². The number of hydrogen-bond donors (Lipinski definition) is 0. The molecule has 5 rings (SSSR count). The Morgan fingerprint density at radius 3 is 1.47 bits per heavy atom. The van der Waals surface area contributed by atoms with Crippen LogP contribution in [-0.4, -0.2) is 0 Å². The zero-order valence-corrected chi connectivity index (χ0v) is 23.7. The van der Waals surface area contributed by atoms with E-state index in [1.165, 1.54) is 66.9 Å². The van der Waals surface area contributed by atoms with Crippen molar-refractivity contribution >= 4 is 17.1 Å². The highest BCUT2D eigenvalue weighted by atomic mass is 15.1. The van der Waals surface area contributed by atoms with Crippen LogP contribution in [0.25, 0.3) is 22.3 Å². The molecule has 0 bridgehead atoms. The first-order valence-corrected chi connectivity index (χ1v) is 13.4. The molecule has 0 N–H and O–H groups in total. The highest BCUT2D eigenvalue weighted by molar-refractivity contribution is 5.82. The van der Waals surface area contributed by atoms with Gasteiger partial charge in [-0.2, -0.15) is 0 Å². The van der Waals surface area contributed by atoms with Crippen molar-refractivity contribution in [2.45, 2.75) is 48.5 Å². The van der Waals surface area contributed by atoms with Gasteiger partial charge in [-0.25, -0.2) is 0 Å². The van der Waals surface area contributed by atoms with Gasteiger partial charge >= 0.3 is 0 Å². The molecule has 0 aromatic heterocycles. The molecule has 0 radical (unpaired) electrons. The zero-order valence-electron chi connectivity index (χ0n) is 23.7. The molecule has 0 spiro atoms. The molecular weight excluding hydrogens is 458 g/mol. The molecule has 1 heteroatoms. The van der Waals surface area contributed by atoms with Crippen LogP contribution >= 0.6 is 0 Å². The fraction of sp³-hybridized carbons (Fsp3) is 0.189. The molecule has 0 saturated carbocycles. The monoisotopic (exact) mass is 495 g/mol. The van der Waals surface area contributed by atoms with Crippen LogP contribution in [0.1, 0.15) is 38.9 Å². The van der Waals surface area contributed by atoms with Crippen LogP contribution in [0.2, 0.25) is 0 Å². The Balaban J connectivity index is 1.60. The lowest BCUT2D eigenvalue weighted by molar-refractivity contribution is 1.24. The largest absolute Gasteiger partial charge is 0.310 e. The molecule has 38 heavy (non-hydrogen) atoms. The third kappa shape index (κ3) is 5.02. The molecule has 1 nitrogen and oxygen atoms in total. The summed E-state index contributed by atoms with van der Waals surface area (Å²) < 4.78 is 0. The number of hydrogen-bond acceptors (Lipinski definition) is 1. The van der Waals surface area contributed by atoms with Crippen LogP contribution in [0.15, 0.2) is 97.1 Å². The maximum absolute atomic E-state index is 2.37. The fourth-order valence-corrected chi connectivity index (χ4v) is 5.57. The second kappa shape index (κ2) is 10.3. The molecule has 0 amide bonds. The standard InChI is InChI=1S/C37H37N/c1-24-8-11-31(12-9-24)36-19-18-35(23-28(36)5)38(34-15-10-26(3)27(4)22-34)33-16-13-32(14-17-33)37-29(6)20-25(2)21-30(37)7/h8-23H,1-7H3. The van der Waals surface area contributed by atoms with Crippen molar-refractivity contribution in [2.75, 3.05) is 4.90 Å². The summed E-state index contributed by atoms with van der Waals surface area (Å²) in [6.45, 7) is 15.3. The van der Waals surface area contributed by atoms with E-state index in [4.69, 9.17) is 0 Å². The van der Waals surface area contributed by atoms with Crippen LogP contribution in [0.3, 0.4) is 0 Å². The molecule has 0 fully saturated rings. The summed E-state index contributed by atoms with van der Waals surface area (Å²) in [5.74, 6) is 0. The molecule has 0 saturated heterocycles. The van der Waals surface area contributed by atoms with Gasteiger partial charge < -0.3 is 4.90 Å². The van der Waals surface area contributed by atoms with Gasteiger partial charge in [0.05, 0.1) is 0 Å². The number of anilines is 3. The average molecular weight is 496 g/mol. The van der Waals surface area contributed by atoms with E-state index in [2.05, 4.69) is 150 Å². The van der Waals surface area contributed by atoms with Gasteiger partial charge in [-0.1, -0.05) is 71.8 Å². The predicted molar refractivity (Wildman–Crippen MR) is 165 cm³/mol. The van der Waals surface area contributed by atoms with Crippen molar-refractivity contribution in [2.24, 2.45) is 0 Å². The lowest BCUT2D eigenvalue weighted by atomic mass is 9.93. The van der Waals surface area contributed by atoms with Crippen molar-refractivity contribution in [1.82, 2.24) is 0 Å². The second-order valence-corrected chi connectivity index (χ2v) is 10.8. The Hall–Kier alpha value is -4.10. The Morgan fingerprint density at radius 2 is 0.895 bits per heavy atom. The molecule has 0 unspecified atom stereocenters. The first-order valence-electron chi connectivity index (χ1n) is 13.4. The van der Waals surface area contributed by atoms with E-state index in [1.54, 1.807) is 0 Å². The first-order chi connectivity index (χ1) is 18.2. The van der Waals surface area contributed by atoms with E-state index in [0.29, 0.717) is 0 Å². The third-order valence-electron chi connectivity index (χ3n) is 7.67. The molecule has 0 aliphatic carbocycles. The molecule has 5 aromatic rings. The van der Waals surface area contributed by atoms with Crippen molar-refractivity contribution < 1.29 is 0 Å². The fourth-order valence-electron chi connectivity index (χ4n) is 5.57. The highest BCUT2D eigenvalue weighted by Gasteiger charge is 2.16. The molecule has 0 heterocycles. The number of benzene rings is 5. The van der Waals surface area contributed by atoms with E-state index in [0.717, 1.165) is 11.4 Å². The average Bonchev–Trinajstić information content (AvgIpc) is 2.87. The van der Waals surface area contributed by atoms with Crippen molar-refractivity contribution in [3.05, 3.63) is 136 Å². The summed E-state index contributed by atoms with van der Waals surface area (Å²) in [7, 11) is 0. The maximum Gasteiger partial charge on any atom is 0.0464 e. The van der Waals surface area contributed by atoms with Gasteiger partial charge in [-0.3, -0.25) is 0 Å². The minimum Gasteiger partial charge on any atom is -0.310 e. The van der Waals surface area contributed by atoms with E-state index in [-0.39, 0.29) is 0 Å². The quantitative estimate of drug-likeness (QED) is 0.234. The number of rotatable bonds is 5. The van der Waals surface area contributed by atoms with Crippen LogP contribution in [0.5, 0.6) is 0 Å². The number of nitrogens with zero attached hydrogens (tertiary/aromatic N) is 1. The Morgan fingerprint density at radius 1 is 0.368 bits per heavy atom. The highest BCUT2D eigenvalue weighted by Crippen LogP contribution is 2.39. The van der Waals surface area contributed by atoms with Gasteiger partial charge in [0.15, 0.2) is 0 Å². The van der Waals surface area contributed by atoms with Crippen LogP contribution in [0.4, 0.5) is 17.1 Å². The molecular formula is C37H37N. The van der Waals surface area contributed by atoms with Crippen molar-refractivity contribution in [3.8, 4) is 22.3 Å². The third-order valence-corrected chi connectivity index (χ3v) is 7.67. The summed E-state index contributed by atoms with van der Waals surface area (Å²) in [4.78, 5) is 2.37. The van der Waals surface area contributed by atoms with Gasteiger partial charge in [-0.15, -0.1) is 0 Å². The lowest BCUT2D eigenvalue weighted by Crippen LogP contribution is -2.10. The smallest absolute Gasteiger partial charge is 0.0464 e. The number of aryl methyl sites for hydroxylation is 7. The van der Waals surface area contributed by atoms with Gasteiger partial charge in [0, 0.05) is 17.1 Å². The summed E-state index contributed by atoms with van der Waals surface area (Å²) in [6.07, 6.45) is 0. The Labute approximate surface area is 228 Å². The van der Waals surface area contributed by atoms with Crippen LogP contribution in [0, 0.1) is 48.5 Å². The molecule has 0 aliphatic heterocycles. The SMILES string of the molecule is Cc1ccc(-c2ccc(N(c3ccc(-c4c(C)cc(C)cc4C)cc3)c3ccc(C)c(C)c3)cc2C)cc1. The summed E-state index contributed by atoms with van der Waals surface area (Å²) in [5, 5.41) is 0. The van der Waals surface area contributed by atoms with Crippen molar-refractivity contribution in [3.63, 3.8) is 0 Å². The second-order valence-electron chi connectivity index (χ2n) is 10.8. The van der Waals surface area contributed by atoms with Crippen molar-refractivity contribution in [1.29, 1.82) is 0 Å². The zero-order chi connectivity index (χ0) is 27.0. The van der Waals surface area contributed by atoms with E-state index in [1.807, 2.05) is 0 Å². The lowest BCUT2D eigenvalue weighted by Gasteiger charge is -2.27. The minimum atomic E-state index is 1.15. The molecule has 0 atom stereocenters. The van der Waals surface area contributed by atoms with Crippen LogP contribution in [-0.2, 0) is 0 Å².